The summed E-state index contributed by atoms with van der Waals surface area (Å²) in [4.78, 5) is 13.5. The van der Waals surface area contributed by atoms with E-state index in [4.69, 9.17) is 0 Å². The number of ether oxygens (including phenoxy) is 1. The normalized spacial score (nSPS) is 24.9. The summed E-state index contributed by atoms with van der Waals surface area (Å²) in [5.41, 5.74) is 0. The van der Waals surface area contributed by atoms with Crippen molar-refractivity contribution in [1.82, 2.24) is 15.5 Å². The van der Waals surface area contributed by atoms with Gasteiger partial charge < -0.3 is 20.3 Å². The van der Waals surface area contributed by atoms with Gasteiger partial charge in [0.15, 0.2) is 0 Å². The Morgan fingerprint density at radius 1 is 1.35 bits per heavy atom. The first-order valence-corrected chi connectivity index (χ1v) is 6.58. The van der Waals surface area contributed by atoms with Gasteiger partial charge in [0.05, 0.1) is 7.11 Å². The Balaban J connectivity index is 1.52. The highest BCUT2D eigenvalue weighted by Crippen LogP contribution is 2.18. The van der Waals surface area contributed by atoms with Gasteiger partial charge in [-0.25, -0.2) is 4.79 Å². The molecule has 1 aliphatic heterocycles. The van der Waals surface area contributed by atoms with Gasteiger partial charge in [-0.15, -0.1) is 0 Å². The summed E-state index contributed by atoms with van der Waals surface area (Å²) < 4.78 is 4.60. The lowest BCUT2D eigenvalue weighted by molar-refractivity contribution is 0.166. The molecule has 0 aromatic heterocycles. The van der Waals surface area contributed by atoms with Crippen molar-refractivity contribution in [1.29, 1.82) is 0 Å². The first-order valence-electron chi connectivity index (χ1n) is 6.58. The molecule has 98 valence electrons. The van der Waals surface area contributed by atoms with E-state index in [9.17, 15) is 4.79 Å². The van der Waals surface area contributed by atoms with Crippen LogP contribution in [0.1, 0.15) is 25.7 Å². The van der Waals surface area contributed by atoms with Crippen LogP contribution in [0.25, 0.3) is 0 Å². The number of carbonyl (C=O) groups excluding carboxylic acids is 1. The zero-order valence-corrected chi connectivity index (χ0v) is 10.6. The number of nitrogens with zero attached hydrogens (tertiary/aromatic N) is 1. The van der Waals surface area contributed by atoms with Gasteiger partial charge in [0, 0.05) is 25.2 Å². The molecule has 1 amide bonds. The van der Waals surface area contributed by atoms with Crippen molar-refractivity contribution in [2.45, 2.75) is 37.8 Å². The Hall–Kier alpha value is -0.810. The summed E-state index contributed by atoms with van der Waals surface area (Å²) >= 11 is 0. The third-order valence-electron chi connectivity index (χ3n) is 3.44. The molecule has 1 heterocycles. The molecule has 5 nitrogen and oxygen atoms in total. The van der Waals surface area contributed by atoms with Gasteiger partial charge in [0.25, 0.3) is 0 Å². The van der Waals surface area contributed by atoms with Crippen LogP contribution in [0.4, 0.5) is 4.79 Å². The monoisotopic (exact) mass is 241 g/mol. The predicted molar refractivity (Wildman–Crippen MR) is 66.0 cm³/mol. The molecule has 0 bridgehead atoms. The van der Waals surface area contributed by atoms with Crippen molar-refractivity contribution < 1.29 is 9.53 Å². The van der Waals surface area contributed by atoms with E-state index < -0.39 is 0 Å². The SMILES string of the molecule is COC(=O)NC1CCN(CCCNC2CC2)C1. The Morgan fingerprint density at radius 3 is 2.88 bits per heavy atom. The van der Waals surface area contributed by atoms with Gasteiger partial charge in [-0.2, -0.15) is 0 Å². The molecule has 1 unspecified atom stereocenters. The average molecular weight is 241 g/mol. The van der Waals surface area contributed by atoms with Crippen molar-refractivity contribution in [3.8, 4) is 0 Å². The minimum absolute atomic E-state index is 0.263. The van der Waals surface area contributed by atoms with Crippen LogP contribution in [0.5, 0.6) is 0 Å². The molecule has 0 spiro atoms. The Bertz CT molecular complexity index is 256. The molecule has 2 aliphatic rings. The van der Waals surface area contributed by atoms with E-state index in [1.807, 2.05) is 0 Å². The van der Waals surface area contributed by atoms with Crippen molar-refractivity contribution in [2.75, 3.05) is 33.3 Å². The molecule has 17 heavy (non-hydrogen) atoms. The Labute approximate surface area is 103 Å². The number of hydrogen-bond donors (Lipinski definition) is 2. The van der Waals surface area contributed by atoms with Crippen LogP contribution in [0.3, 0.4) is 0 Å². The number of hydrogen-bond acceptors (Lipinski definition) is 4. The predicted octanol–water partition coefficient (Wildman–Crippen LogP) is 0.559. The quantitative estimate of drug-likeness (QED) is 0.667. The topological polar surface area (TPSA) is 53.6 Å². The van der Waals surface area contributed by atoms with E-state index in [1.165, 1.54) is 26.4 Å². The number of likely N-dealkylation sites (tertiary alicyclic amines) is 1. The summed E-state index contributed by atoms with van der Waals surface area (Å²) in [5, 5.41) is 6.38. The lowest BCUT2D eigenvalue weighted by atomic mass is 10.3. The molecule has 2 fully saturated rings. The van der Waals surface area contributed by atoms with Crippen LogP contribution in [-0.4, -0.2) is 56.4 Å². The first-order chi connectivity index (χ1) is 8.28. The lowest BCUT2D eigenvalue weighted by Gasteiger charge is -2.16. The van der Waals surface area contributed by atoms with Gasteiger partial charge in [-0.1, -0.05) is 0 Å². The van der Waals surface area contributed by atoms with Gasteiger partial charge in [-0.05, 0) is 38.8 Å². The number of carbonyl (C=O) groups is 1. The Kier molecular flexibility index (Phi) is 4.62. The smallest absolute Gasteiger partial charge is 0.407 e. The third-order valence-corrected chi connectivity index (χ3v) is 3.44. The molecule has 1 saturated heterocycles. The largest absolute Gasteiger partial charge is 0.453 e. The lowest BCUT2D eigenvalue weighted by Crippen LogP contribution is -2.37. The first kappa shape index (κ1) is 12.6. The molecular weight excluding hydrogens is 218 g/mol. The minimum atomic E-state index is -0.313. The van der Waals surface area contributed by atoms with Crippen LogP contribution < -0.4 is 10.6 Å². The second-order valence-corrected chi connectivity index (χ2v) is 5.00. The molecule has 0 aromatic rings. The highest BCUT2D eigenvalue weighted by Gasteiger charge is 2.24. The molecule has 5 heteroatoms. The molecule has 1 aliphatic carbocycles. The second kappa shape index (κ2) is 6.21. The standard InChI is InChI=1S/C12H23N3O2/c1-17-12(16)14-11-5-8-15(9-11)7-2-6-13-10-3-4-10/h10-11,13H,2-9H2,1H3,(H,14,16). The molecule has 2 rings (SSSR count). The molecule has 0 aromatic carbocycles. The maximum absolute atomic E-state index is 11.1. The summed E-state index contributed by atoms with van der Waals surface area (Å²) in [7, 11) is 1.41. The van der Waals surface area contributed by atoms with Crippen LogP contribution in [0, 0.1) is 0 Å². The van der Waals surface area contributed by atoms with Crippen LogP contribution in [-0.2, 0) is 4.74 Å². The number of rotatable bonds is 6. The molecule has 2 N–H and O–H groups in total. The number of nitrogens with one attached hydrogen (secondary N) is 2. The van der Waals surface area contributed by atoms with Gasteiger partial charge in [0.1, 0.15) is 0 Å². The van der Waals surface area contributed by atoms with Crippen LogP contribution in [0.15, 0.2) is 0 Å². The fourth-order valence-electron chi connectivity index (χ4n) is 2.28. The molecular formula is C12H23N3O2. The maximum atomic E-state index is 11.1. The van der Waals surface area contributed by atoms with E-state index in [-0.39, 0.29) is 12.1 Å². The molecule has 1 atom stereocenters. The highest BCUT2D eigenvalue weighted by molar-refractivity contribution is 5.67. The number of alkyl carbamates (subject to hydrolysis) is 1. The number of amides is 1. The van der Waals surface area contributed by atoms with Gasteiger partial charge in [-0.3, -0.25) is 0 Å². The fourth-order valence-corrected chi connectivity index (χ4v) is 2.28. The fraction of sp³-hybridized carbons (Fsp3) is 0.917. The average Bonchev–Trinajstić information content (AvgIpc) is 3.05. The van der Waals surface area contributed by atoms with Crippen LogP contribution in [0.2, 0.25) is 0 Å². The molecule has 0 radical (unpaired) electrons. The van der Waals surface area contributed by atoms with Crippen molar-refractivity contribution in [2.24, 2.45) is 0 Å². The van der Waals surface area contributed by atoms with Crippen LogP contribution >= 0.6 is 0 Å². The number of methoxy groups -OCH3 is 1. The van der Waals surface area contributed by atoms with E-state index >= 15 is 0 Å². The van der Waals surface area contributed by atoms with Gasteiger partial charge in [0.2, 0.25) is 0 Å². The summed E-state index contributed by atoms with van der Waals surface area (Å²) in [5.74, 6) is 0. The molecule has 1 saturated carbocycles. The highest BCUT2D eigenvalue weighted by atomic mass is 16.5. The minimum Gasteiger partial charge on any atom is -0.453 e. The summed E-state index contributed by atoms with van der Waals surface area (Å²) in [6, 6.07) is 1.07. The zero-order valence-electron chi connectivity index (χ0n) is 10.6. The zero-order chi connectivity index (χ0) is 12.1. The third kappa shape index (κ3) is 4.52. The van der Waals surface area contributed by atoms with Crippen molar-refractivity contribution in [3.63, 3.8) is 0 Å². The van der Waals surface area contributed by atoms with E-state index in [0.717, 1.165) is 38.6 Å². The second-order valence-electron chi connectivity index (χ2n) is 5.00. The van der Waals surface area contributed by atoms with E-state index in [2.05, 4.69) is 20.3 Å². The maximum Gasteiger partial charge on any atom is 0.407 e. The summed E-state index contributed by atoms with van der Waals surface area (Å²) in [6.45, 7) is 4.28. The van der Waals surface area contributed by atoms with Gasteiger partial charge >= 0.3 is 6.09 Å². The van der Waals surface area contributed by atoms with E-state index in [1.54, 1.807) is 0 Å². The van der Waals surface area contributed by atoms with Crippen molar-refractivity contribution in [3.05, 3.63) is 0 Å². The van der Waals surface area contributed by atoms with Crippen molar-refractivity contribution >= 4 is 6.09 Å². The Morgan fingerprint density at radius 2 is 2.18 bits per heavy atom. The van der Waals surface area contributed by atoms with E-state index in [0.29, 0.717) is 0 Å². The summed E-state index contributed by atoms with van der Waals surface area (Å²) in [6.07, 6.45) is 4.63.